The zero-order valence-corrected chi connectivity index (χ0v) is 9.76. The fraction of sp³-hybridized carbons (Fsp3) is 0. The highest BCUT2D eigenvalue weighted by molar-refractivity contribution is 14.1. The van der Waals surface area contributed by atoms with Gasteiger partial charge in [0.05, 0.1) is 0 Å². The van der Waals surface area contributed by atoms with Gasteiger partial charge in [-0.15, -0.1) is 0 Å². The van der Waals surface area contributed by atoms with Crippen LogP contribution in [0.15, 0.2) is 31.5 Å². The molecule has 4 heteroatoms. The average molecular weight is 307 g/mol. The molecule has 0 saturated carbocycles. The van der Waals surface area contributed by atoms with E-state index in [1.165, 1.54) is 0 Å². The summed E-state index contributed by atoms with van der Waals surface area (Å²) in [6.45, 7) is 7.39. The van der Waals surface area contributed by atoms with Crippen LogP contribution in [0.4, 0.5) is 5.82 Å². The van der Waals surface area contributed by atoms with Crippen molar-refractivity contribution in [2.24, 2.45) is 0 Å². The number of nitrogens with zero attached hydrogens (tertiary/aromatic N) is 1. The number of hydrogen-bond donors (Lipinski definition) is 1. The zero-order chi connectivity index (χ0) is 9.84. The summed E-state index contributed by atoms with van der Waals surface area (Å²) in [5.41, 5.74) is 0.935. The van der Waals surface area contributed by atoms with Crippen molar-refractivity contribution in [2.75, 3.05) is 5.32 Å². The zero-order valence-electron chi connectivity index (χ0n) is 6.85. The van der Waals surface area contributed by atoms with Crippen LogP contribution in [0.3, 0.4) is 0 Å². The van der Waals surface area contributed by atoms with Crippen molar-refractivity contribution in [3.63, 3.8) is 0 Å². The summed E-state index contributed by atoms with van der Waals surface area (Å²) in [7, 11) is 0. The van der Waals surface area contributed by atoms with Crippen molar-refractivity contribution in [3.8, 4) is 0 Å². The minimum Gasteiger partial charge on any atom is -0.347 e. The Hall–Kier alpha value is -0.550. The van der Waals surface area contributed by atoms with Crippen LogP contribution < -0.4 is 5.32 Å². The Kier molecular flexibility index (Phi) is 3.74. The minimum atomic E-state index is 0.450. The molecule has 1 aromatic rings. The van der Waals surface area contributed by atoms with Gasteiger partial charge in [-0.1, -0.05) is 24.8 Å². The average Bonchev–Trinajstić information content (AvgIpc) is 2.04. The molecule has 0 unspecified atom stereocenters. The molecule has 1 rings (SSSR count). The van der Waals surface area contributed by atoms with Crippen LogP contribution in [0, 0.1) is 0 Å². The Balaban J connectivity index is 3.17. The normalized spacial score (nSPS) is 9.38. The number of nitrogens with one attached hydrogen (secondary N) is 1. The van der Waals surface area contributed by atoms with Gasteiger partial charge in [0.25, 0.3) is 0 Å². The second kappa shape index (κ2) is 4.62. The van der Waals surface area contributed by atoms with E-state index in [1.54, 1.807) is 12.3 Å². The first-order valence-electron chi connectivity index (χ1n) is 3.54. The van der Waals surface area contributed by atoms with E-state index in [2.05, 4.69) is 46.0 Å². The van der Waals surface area contributed by atoms with Crippen LogP contribution in [0.2, 0.25) is 5.15 Å². The predicted octanol–water partition coefficient (Wildman–Crippen LogP) is 3.70. The predicted molar refractivity (Wildman–Crippen MR) is 66.1 cm³/mol. The third-order valence-electron chi connectivity index (χ3n) is 1.39. The summed E-state index contributed by atoms with van der Waals surface area (Å²) >= 11 is 7.87. The Morgan fingerprint density at radius 1 is 1.62 bits per heavy atom. The molecular weight excluding hydrogens is 298 g/mol. The topological polar surface area (TPSA) is 24.9 Å². The molecule has 2 nitrogen and oxygen atoms in total. The van der Waals surface area contributed by atoms with E-state index in [-0.39, 0.29) is 0 Å². The van der Waals surface area contributed by atoms with Crippen molar-refractivity contribution in [1.82, 2.24) is 4.98 Å². The smallest absolute Gasteiger partial charge is 0.140 e. The Morgan fingerprint density at radius 2 is 2.31 bits per heavy atom. The van der Waals surface area contributed by atoms with Gasteiger partial charge >= 0.3 is 0 Å². The van der Waals surface area contributed by atoms with Crippen molar-refractivity contribution in [1.29, 1.82) is 0 Å². The van der Waals surface area contributed by atoms with E-state index >= 15 is 0 Å². The SMILES string of the molecule is C=CNc1nc(Cl)ccc1C(=C)I. The lowest BCUT2D eigenvalue weighted by atomic mass is 10.2. The van der Waals surface area contributed by atoms with Gasteiger partial charge in [0.2, 0.25) is 0 Å². The molecule has 0 aliphatic heterocycles. The number of halogens is 2. The summed E-state index contributed by atoms with van der Waals surface area (Å²) < 4.78 is 0.908. The molecule has 0 amide bonds. The minimum absolute atomic E-state index is 0.450. The van der Waals surface area contributed by atoms with Crippen LogP contribution in [-0.2, 0) is 0 Å². The summed E-state index contributed by atoms with van der Waals surface area (Å²) in [4.78, 5) is 4.10. The molecule has 13 heavy (non-hydrogen) atoms. The summed E-state index contributed by atoms with van der Waals surface area (Å²) in [5, 5.41) is 3.35. The van der Waals surface area contributed by atoms with E-state index in [1.807, 2.05) is 6.07 Å². The highest BCUT2D eigenvalue weighted by atomic mass is 127. The van der Waals surface area contributed by atoms with Crippen LogP contribution in [0.5, 0.6) is 0 Å². The lowest BCUT2D eigenvalue weighted by molar-refractivity contribution is 1.30. The number of aromatic nitrogens is 1. The first-order valence-corrected chi connectivity index (χ1v) is 4.99. The van der Waals surface area contributed by atoms with E-state index in [0.29, 0.717) is 11.0 Å². The van der Waals surface area contributed by atoms with E-state index < -0.39 is 0 Å². The Morgan fingerprint density at radius 3 is 2.85 bits per heavy atom. The summed E-state index contributed by atoms with van der Waals surface area (Å²) in [6.07, 6.45) is 1.56. The van der Waals surface area contributed by atoms with Gasteiger partial charge in [0.15, 0.2) is 0 Å². The molecule has 0 fully saturated rings. The summed E-state index contributed by atoms with van der Waals surface area (Å²) in [6, 6.07) is 3.60. The molecule has 0 bridgehead atoms. The fourth-order valence-electron chi connectivity index (χ4n) is 0.861. The van der Waals surface area contributed by atoms with Crippen molar-refractivity contribution >= 4 is 43.6 Å². The molecule has 0 saturated heterocycles. The molecule has 0 aliphatic carbocycles. The van der Waals surface area contributed by atoms with E-state index in [0.717, 1.165) is 9.14 Å². The third-order valence-corrected chi connectivity index (χ3v) is 2.18. The van der Waals surface area contributed by atoms with Gasteiger partial charge in [0.1, 0.15) is 11.0 Å². The first-order chi connectivity index (χ1) is 6.15. The molecular formula is C9H8ClIN2. The molecule has 1 heterocycles. The molecule has 0 aromatic carbocycles. The molecule has 1 aromatic heterocycles. The molecule has 0 aliphatic rings. The van der Waals surface area contributed by atoms with Crippen LogP contribution >= 0.6 is 34.2 Å². The molecule has 0 radical (unpaired) electrons. The highest BCUT2D eigenvalue weighted by Gasteiger charge is 2.04. The molecule has 0 atom stereocenters. The quantitative estimate of drug-likeness (QED) is 0.680. The Bertz CT molecular complexity index is 349. The third kappa shape index (κ3) is 2.70. The Labute approximate surface area is 95.8 Å². The van der Waals surface area contributed by atoms with Gasteiger partial charge in [0, 0.05) is 9.14 Å². The monoisotopic (exact) mass is 306 g/mol. The lowest BCUT2D eigenvalue weighted by Crippen LogP contribution is -1.95. The maximum Gasteiger partial charge on any atom is 0.140 e. The fourth-order valence-corrected chi connectivity index (χ4v) is 1.44. The lowest BCUT2D eigenvalue weighted by Gasteiger charge is -2.06. The van der Waals surface area contributed by atoms with Crippen molar-refractivity contribution in [3.05, 3.63) is 42.2 Å². The number of hydrogen-bond acceptors (Lipinski definition) is 2. The summed E-state index contributed by atoms with van der Waals surface area (Å²) in [5.74, 6) is 0.682. The molecule has 1 N–H and O–H groups in total. The van der Waals surface area contributed by atoms with Gasteiger partial charge in [-0.2, -0.15) is 0 Å². The van der Waals surface area contributed by atoms with Crippen molar-refractivity contribution in [2.45, 2.75) is 0 Å². The number of pyridine rings is 1. The van der Waals surface area contributed by atoms with Crippen LogP contribution in [-0.4, -0.2) is 4.98 Å². The second-order valence-electron chi connectivity index (χ2n) is 2.28. The highest BCUT2D eigenvalue weighted by Crippen LogP contribution is 2.27. The van der Waals surface area contributed by atoms with Crippen molar-refractivity contribution < 1.29 is 0 Å². The maximum absolute atomic E-state index is 5.74. The molecule has 68 valence electrons. The number of anilines is 1. The van der Waals surface area contributed by atoms with Gasteiger partial charge in [-0.05, 0) is 40.9 Å². The van der Waals surface area contributed by atoms with E-state index in [4.69, 9.17) is 11.6 Å². The van der Waals surface area contributed by atoms with Crippen LogP contribution in [0.25, 0.3) is 3.58 Å². The van der Waals surface area contributed by atoms with Gasteiger partial charge in [-0.3, -0.25) is 0 Å². The molecule has 0 spiro atoms. The largest absolute Gasteiger partial charge is 0.347 e. The standard InChI is InChI=1S/C9H8ClIN2/c1-3-12-9-7(6(2)11)4-5-8(10)13-9/h3-5H,1-2H2,(H,12,13). The maximum atomic E-state index is 5.74. The van der Waals surface area contributed by atoms with Gasteiger partial charge < -0.3 is 5.32 Å². The second-order valence-corrected chi connectivity index (χ2v) is 3.97. The van der Waals surface area contributed by atoms with E-state index in [9.17, 15) is 0 Å². The first kappa shape index (κ1) is 10.5. The van der Waals surface area contributed by atoms with Gasteiger partial charge in [-0.25, -0.2) is 4.98 Å². The number of rotatable bonds is 3. The van der Waals surface area contributed by atoms with Crippen LogP contribution in [0.1, 0.15) is 5.56 Å².